The highest BCUT2D eigenvalue weighted by molar-refractivity contribution is 7.90. The minimum Gasteiger partial charge on any atom is -0.496 e. The summed E-state index contributed by atoms with van der Waals surface area (Å²) in [7, 11) is -2.75. The number of carbonyl (C=O) groups is 2. The van der Waals surface area contributed by atoms with Gasteiger partial charge in [0.05, 0.1) is 7.11 Å². The predicted molar refractivity (Wildman–Crippen MR) is 175 cm³/mol. The molecule has 1 aromatic heterocycles. The van der Waals surface area contributed by atoms with Crippen LogP contribution in [0.25, 0.3) is 10.9 Å². The maximum atomic E-state index is 13.2. The average Bonchev–Trinajstić information content (AvgIpc) is 3.72. The smallest absolute Gasteiger partial charge is 0.411 e. The molecule has 46 heavy (non-hydrogen) atoms. The number of sulfonamides is 1. The third-order valence-corrected chi connectivity index (χ3v) is 9.44. The van der Waals surface area contributed by atoms with Crippen molar-refractivity contribution in [1.82, 2.24) is 9.71 Å². The Morgan fingerprint density at radius 3 is 2.61 bits per heavy atom. The number of rotatable bonds is 10. The number of aromatic nitrogens is 1. The lowest BCUT2D eigenvalue weighted by atomic mass is 9.91. The molecule has 0 spiro atoms. The number of aliphatic hydroxyl groups is 1. The number of amides is 2. The topological polar surface area (TPSA) is 147 Å². The van der Waals surface area contributed by atoms with E-state index in [0.29, 0.717) is 24.3 Å². The summed E-state index contributed by atoms with van der Waals surface area (Å²) in [6, 6.07) is 16.6. The number of anilines is 1. The fourth-order valence-corrected chi connectivity index (χ4v) is 6.76. The zero-order valence-corrected chi connectivity index (χ0v) is 26.6. The van der Waals surface area contributed by atoms with E-state index >= 15 is 0 Å². The van der Waals surface area contributed by atoms with Crippen molar-refractivity contribution in [3.63, 3.8) is 0 Å². The Balaban J connectivity index is 1.34. The lowest BCUT2D eigenvalue weighted by Gasteiger charge is -2.17. The number of carbonyl (C=O) groups excluding carboxylic acids is 2. The maximum Gasteiger partial charge on any atom is 0.411 e. The van der Waals surface area contributed by atoms with Gasteiger partial charge in [-0.3, -0.25) is 10.1 Å². The molecule has 10 nitrogen and oxygen atoms in total. The molecule has 1 aliphatic rings. The van der Waals surface area contributed by atoms with Crippen LogP contribution in [0, 0.1) is 11.8 Å². The first-order valence-corrected chi connectivity index (χ1v) is 16.7. The lowest BCUT2D eigenvalue weighted by molar-refractivity contribution is 0.0980. The number of nitrogens with one attached hydrogen (secondary N) is 3. The van der Waals surface area contributed by atoms with Crippen molar-refractivity contribution >= 4 is 38.6 Å². The summed E-state index contributed by atoms with van der Waals surface area (Å²) in [4.78, 5) is 28.8. The number of fused-ring (bicyclic) bond motifs is 1. The number of hydrogen-bond donors (Lipinski definition) is 4. The fourth-order valence-electron chi connectivity index (χ4n) is 5.63. The summed E-state index contributed by atoms with van der Waals surface area (Å²) in [5.74, 6) is 5.07. The van der Waals surface area contributed by atoms with E-state index in [0.717, 1.165) is 47.7 Å². The third-order valence-electron chi connectivity index (χ3n) is 8.05. The van der Waals surface area contributed by atoms with E-state index in [4.69, 9.17) is 14.6 Å². The van der Waals surface area contributed by atoms with Gasteiger partial charge in [-0.25, -0.2) is 17.9 Å². The molecule has 1 unspecified atom stereocenters. The van der Waals surface area contributed by atoms with Gasteiger partial charge in [0.15, 0.2) is 0 Å². The fraction of sp³-hybridized carbons (Fsp3) is 0.314. The summed E-state index contributed by atoms with van der Waals surface area (Å²) < 4.78 is 39.8. The van der Waals surface area contributed by atoms with Gasteiger partial charge in [0.1, 0.15) is 16.7 Å². The second-order valence-electron chi connectivity index (χ2n) is 11.2. The summed E-state index contributed by atoms with van der Waals surface area (Å²) >= 11 is 0. The number of H-pyrrole nitrogens is 1. The Morgan fingerprint density at radius 2 is 1.85 bits per heavy atom. The average molecular weight is 644 g/mol. The van der Waals surface area contributed by atoms with E-state index in [1.54, 1.807) is 30.3 Å². The molecule has 4 aromatic rings. The first-order chi connectivity index (χ1) is 22.2. The van der Waals surface area contributed by atoms with E-state index in [1.807, 2.05) is 31.3 Å². The van der Waals surface area contributed by atoms with Crippen molar-refractivity contribution in [2.45, 2.75) is 62.4 Å². The molecule has 1 atom stereocenters. The molecule has 0 saturated heterocycles. The maximum absolute atomic E-state index is 13.2. The van der Waals surface area contributed by atoms with E-state index in [2.05, 4.69) is 26.9 Å². The number of ether oxygens (including phenoxy) is 2. The highest BCUT2D eigenvalue weighted by atomic mass is 32.2. The summed E-state index contributed by atoms with van der Waals surface area (Å²) in [5, 5.41) is 12.7. The normalized spacial score (nSPS) is 13.9. The molecule has 2 amide bonds. The zero-order chi connectivity index (χ0) is 32.7. The first kappa shape index (κ1) is 32.6. The van der Waals surface area contributed by atoms with Crippen LogP contribution in [0.2, 0.25) is 0 Å². The quantitative estimate of drug-likeness (QED) is 0.121. The van der Waals surface area contributed by atoms with Gasteiger partial charge in [-0.1, -0.05) is 37.0 Å². The van der Waals surface area contributed by atoms with E-state index in [9.17, 15) is 18.0 Å². The number of hydrogen-bond acceptors (Lipinski definition) is 7. The van der Waals surface area contributed by atoms with Gasteiger partial charge in [0.25, 0.3) is 15.9 Å². The SMILES string of the molecule is COc1cc(C(=O)NS(=O)(=O)c2ccccc2C#CCCCO)ccc1C(C)c1c[nH]c2ccc(NC(=O)OC3CCCC3)cc12. The summed E-state index contributed by atoms with van der Waals surface area (Å²) in [6.07, 6.45) is 6.19. The molecule has 5 rings (SSSR count). The van der Waals surface area contributed by atoms with Gasteiger partial charge in [-0.2, -0.15) is 0 Å². The Bertz CT molecular complexity index is 1900. The minimum absolute atomic E-state index is 0.00970. The van der Waals surface area contributed by atoms with Crippen molar-refractivity contribution < 1.29 is 32.6 Å². The zero-order valence-electron chi connectivity index (χ0n) is 25.8. The van der Waals surface area contributed by atoms with Crippen molar-refractivity contribution in [2.24, 2.45) is 0 Å². The molecule has 0 bridgehead atoms. The number of aromatic amines is 1. The van der Waals surface area contributed by atoms with Crippen LogP contribution in [0.15, 0.2) is 71.8 Å². The van der Waals surface area contributed by atoms with Crippen LogP contribution in [0.3, 0.4) is 0 Å². The number of aliphatic hydroxyl groups excluding tert-OH is 1. The van der Waals surface area contributed by atoms with Gasteiger partial charge in [-0.05, 0) is 80.1 Å². The van der Waals surface area contributed by atoms with E-state index < -0.39 is 22.0 Å². The standard InChI is InChI=1S/C35H37N3O7S/c1-23(30-22-36-31-18-16-26(21-29(30)31)37-35(41)45-27-12-6-7-13-27)28-17-15-25(20-32(28)44-2)34(40)38-46(42,43)33-14-8-5-11-24(33)10-4-3-9-19-39/h5,8,11,14-18,20-23,27,36,39H,3,6-7,9,12-13,19H2,1-2H3,(H,37,41)(H,38,40). The van der Waals surface area contributed by atoms with Crippen LogP contribution in [-0.4, -0.2) is 50.3 Å². The Kier molecular flexibility index (Phi) is 10.3. The molecule has 1 saturated carbocycles. The highest BCUT2D eigenvalue weighted by Gasteiger charge is 2.24. The summed E-state index contributed by atoms with van der Waals surface area (Å²) in [5.41, 5.74) is 3.58. The molecular formula is C35H37N3O7S. The van der Waals surface area contributed by atoms with E-state index in [-0.39, 0.29) is 34.7 Å². The second kappa shape index (κ2) is 14.5. The van der Waals surface area contributed by atoms with Crippen LogP contribution < -0.4 is 14.8 Å². The number of methoxy groups -OCH3 is 1. The van der Waals surface area contributed by atoms with Crippen LogP contribution in [-0.2, 0) is 14.8 Å². The third kappa shape index (κ3) is 7.53. The van der Waals surface area contributed by atoms with Crippen molar-refractivity contribution in [1.29, 1.82) is 0 Å². The van der Waals surface area contributed by atoms with Gasteiger partial charge in [0.2, 0.25) is 0 Å². The monoisotopic (exact) mass is 643 g/mol. The Morgan fingerprint density at radius 1 is 1.07 bits per heavy atom. The van der Waals surface area contributed by atoms with Gasteiger partial charge < -0.3 is 19.6 Å². The van der Waals surface area contributed by atoms with Gasteiger partial charge in [-0.15, -0.1) is 0 Å². The van der Waals surface area contributed by atoms with Crippen LogP contribution >= 0.6 is 0 Å². The first-order valence-electron chi connectivity index (χ1n) is 15.2. The number of benzene rings is 3. The molecule has 240 valence electrons. The van der Waals surface area contributed by atoms with E-state index in [1.165, 1.54) is 19.2 Å². The van der Waals surface area contributed by atoms with Crippen LogP contribution in [0.1, 0.15) is 78.4 Å². The summed E-state index contributed by atoms with van der Waals surface area (Å²) in [6.45, 7) is 1.99. The van der Waals surface area contributed by atoms with Gasteiger partial charge in [0, 0.05) is 58.4 Å². The van der Waals surface area contributed by atoms with Crippen LogP contribution in [0.4, 0.5) is 10.5 Å². The lowest BCUT2D eigenvalue weighted by Crippen LogP contribution is -2.31. The predicted octanol–water partition coefficient (Wildman–Crippen LogP) is 6.06. The largest absolute Gasteiger partial charge is 0.496 e. The molecule has 1 aliphatic carbocycles. The van der Waals surface area contributed by atoms with Gasteiger partial charge >= 0.3 is 6.09 Å². The molecule has 1 heterocycles. The minimum atomic E-state index is -4.24. The van der Waals surface area contributed by atoms with Crippen molar-refractivity contribution in [3.05, 3.63) is 89.1 Å². The van der Waals surface area contributed by atoms with Crippen LogP contribution in [0.5, 0.6) is 5.75 Å². The molecular weight excluding hydrogens is 606 g/mol. The molecule has 4 N–H and O–H groups in total. The number of unbranched alkanes of at least 4 members (excludes halogenated alkanes) is 1. The molecule has 0 radical (unpaired) electrons. The second-order valence-corrected chi connectivity index (χ2v) is 12.8. The van der Waals surface area contributed by atoms with Crippen molar-refractivity contribution in [3.8, 4) is 17.6 Å². The Labute approximate surface area is 268 Å². The molecule has 11 heteroatoms. The molecule has 1 fully saturated rings. The highest BCUT2D eigenvalue weighted by Crippen LogP contribution is 2.37. The Hall–Kier alpha value is -4.79. The van der Waals surface area contributed by atoms with Crippen molar-refractivity contribution in [2.75, 3.05) is 19.0 Å². The molecule has 3 aromatic carbocycles. The molecule has 0 aliphatic heterocycles.